The quantitative estimate of drug-likeness (QED) is 0.801. The topological polar surface area (TPSA) is 21.3 Å². The van der Waals surface area contributed by atoms with Gasteiger partial charge in [-0.3, -0.25) is 0 Å². The zero-order valence-electron chi connectivity index (χ0n) is 9.71. The summed E-state index contributed by atoms with van der Waals surface area (Å²) in [6, 6.07) is 6.87. The molecule has 1 heterocycles. The Morgan fingerprint density at radius 1 is 1.47 bits per heavy atom. The van der Waals surface area contributed by atoms with Crippen LogP contribution in [0.4, 0.5) is 0 Å². The summed E-state index contributed by atoms with van der Waals surface area (Å²) in [7, 11) is 0. The van der Waals surface area contributed by atoms with Crippen molar-refractivity contribution in [3.8, 4) is 5.75 Å². The maximum atomic E-state index is 5.73. The first kappa shape index (κ1) is 10.5. The number of hydrogen-bond donors (Lipinski definition) is 1. The molecule has 2 atom stereocenters. The van der Waals surface area contributed by atoms with Crippen LogP contribution in [0.1, 0.15) is 31.0 Å². The Balaban J connectivity index is 2.36. The van der Waals surface area contributed by atoms with Gasteiger partial charge in [0.15, 0.2) is 0 Å². The molecule has 0 bridgehead atoms. The lowest BCUT2D eigenvalue weighted by Crippen LogP contribution is -2.33. The van der Waals surface area contributed by atoms with Crippen LogP contribution < -0.4 is 10.1 Å². The van der Waals surface area contributed by atoms with Crippen LogP contribution in [0, 0.1) is 12.8 Å². The standard InChI is InChI=1S/C13H19NO/c1-4-14-13-10(3)8-15-12-6-5-9(2)7-11(12)13/h5-7,10,13-14H,4,8H2,1-3H3. The molecule has 0 fully saturated rings. The molecule has 1 aliphatic rings. The van der Waals surface area contributed by atoms with E-state index in [9.17, 15) is 0 Å². The van der Waals surface area contributed by atoms with Crippen molar-refractivity contribution >= 4 is 0 Å². The lowest BCUT2D eigenvalue weighted by atomic mass is 9.91. The van der Waals surface area contributed by atoms with Crippen LogP contribution in [-0.2, 0) is 0 Å². The van der Waals surface area contributed by atoms with Crippen molar-refractivity contribution in [2.45, 2.75) is 26.8 Å². The minimum absolute atomic E-state index is 0.443. The van der Waals surface area contributed by atoms with Gasteiger partial charge in [-0.05, 0) is 19.5 Å². The number of benzene rings is 1. The van der Waals surface area contributed by atoms with E-state index in [1.165, 1.54) is 11.1 Å². The van der Waals surface area contributed by atoms with Gasteiger partial charge < -0.3 is 10.1 Å². The maximum absolute atomic E-state index is 5.73. The molecule has 15 heavy (non-hydrogen) atoms. The van der Waals surface area contributed by atoms with E-state index >= 15 is 0 Å². The van der Waals surface area contributed by atoms with Crippen LogP contribution in [0.5, 0.6) is 5.75 Å². The van der Waals surface area contributed by atoms with Crippen molar-refractivity contribution in [1.82, 2.24) is 5.32 Å². The van der Waals surface area contributed by atoms with Gasteiger partial charge >= 0.3 is 0 Å². The molecule has 1 aromatic carbocycles. The van der Waals surface area contributed by atoms with Gasteiger partial charge in [0.1, 0.15) is 5.75 Å². The van der Waals surface area contributed by atoms with Gasteiger partial charge in [-0.2, -0.15) is 0 Å². The molecule has 2 nitrogen and oxygen atoms in total. The van der Waals surface area contributed by atoms with Crippen molar-refractivity contribution in [2.24, 2.45) is 5.92 Å². The second kappa shape index (κ2) is 4.23. The maximum Gasteiger partial charge on any atom is 0.124 e. The number of hydrogen-bond acceptors (Lipinski definition) is 2. The molecule has 0 aromatic heterocycles. The van der Waals surface area contributed by atoms with E-state index in [0.717, 1.165) is 18.9 Å². The van der Waals surface area contributed by atoms with Gasteiger partial charge in [0.05, 0.1) is 6.61 Å². The van der Waals surface area contributed by atoms with E-state index in [0.29, 0.717) is 12.0 Å². The highest BCUT2D eigenvalue weighted by Crippen LogP contribution is 2.35. The zero-order chi connectivity index (χ0) is 10.8. The molecule has 2 rings (SSSR count). The third-order valence-corrected chi connectivity index (χ3v) is 3.00. The van der Waals surface area contributed by atoms with Crippen molar-refractivity contribution in [3.05, 3.63) is 29.3 Å². The van der Waals surface area contributed by atoms with Gasteiger partial charge in [0.2, 0.25) is 0 Å². The monoisotopic (exact) mass is 205 g/mol. The second-order valence-corrected chi connectivity index (χ2v) is 4.36. The number of ether oxygens (including phenoxy) is 1. The molecule has 2 heteroatoms. The molecular formula is C13H19NO. The molecular weight excluding hydrogens is 186 g/mol. The molecule has 0 saturated heterocycles. The lowest BCUT2D eigenvalue weighted by Gasteiger charge is -2.32. The summed E-state index contributed by atoms with van der Waals surface area (Å²) >= 11 is 0. The normalized spacial score (nSPS) is 24.5. The molecule has 0 saturated carbocycles. The second-order valence-electron chi connectivity index (χ2n) is 4.36. The SMILES string of the molecule is CCNC1c2cc(C)ccc2OCC1C. The first-order valence-corrected chi connectivity index (χ1v) is 5.69. The van der Waals surface area contributed by atoms with Gasteiger partial charge in [0.25, 0.3) is 0 Å². The van der Waals surface area contributed by atoms with Gasteiger partial charge in [0, 0.05) is 17.5 Å². The summed E-state index contributed by atoms with van der Waals surface area (Å²) in [6.07, 6.45) is 0. The fraction of sp³-hybridized carbons (Fsp3) is 0.538. The number of nitrogens with one attached hydrogen (secondary N) is 1. The number of rotatable bonds is 2. The van der Waals surface area contributed by atoms with E-state index in [4.69, 9.17) is 4.74 Å². The number of fused-ring (bicyclic) bond motifs is 1. The Morgan fingerprint density at radius 3 is 3.00 bits per heavy atom. The highest BCUT2D eigenvalue weighted by molar-refractivity contribution is 5.40. The summed E-state index contributed by atoms with van der Waals surface area (Å²) in [5.74, 6) is 1.59. The minimum Gasteiger partial charge on any atom is -0.493 e. The molecule has 1 N–H and O–H groups in total. The Hall–Kier alpha value is -1.02. The van der Waals surface area contributed by atoms with E-state index in [1.807, 2.05) is 0 Å². The van der Waals surface area contributed by atoms with Crippen LogP contribution in [-0.4, -0.2) is 13.2 Å². The van der Waals surface area contributed by atoms with Crippen LogP contribution in [0.25, 0.3) is 0 Å². The molecule has 1 aromatic rings. The molecule has 82 valence electrons. The van der Waals surface area contributed by atoms with Crippen molar-refractivity contribution in [2.75, 3.05) is 13.2 Å². The zero-order valence-corrected chi connectivity index (χ0v) is 9.71. The highest BCUT2D eigenvalue weighted by Gasteiger charge is 2.26. The van der Waals surface area contributed by atoms with E-state index in [-0.39, 0.29) is 0 Å². The molecule has 1 aliphatic heterocycles. The molecule has 0 radical (unpaired) electrons. The minimum atomic E-state index is 0.443. The Labute approximate surface area is 91.6 Å². The Kier molecular flexibility index (Phi) is 2.96. The molecule has 0 spiro atoms. The summed E-state index contributed by atoms with van der Waals surface area (Å²) in [5.41, 5.74) is 2.62. The predicted molar refractivity (Wildman–Crippen MR) is 62.3 cm³/mol. The molecule has 0 amide bonds. The van der Waals surface area contributed by atoms with E-state index in [1.54, 1.807) is 0 Å². The summed E-state index contributed by atoms with van der Waals surface area (Å²) < 4.78 is 5.73. The Bertz CT molecular complexity index is 348. The third-order valence-electron chi connectivity index (χ3n) is 3.00. The summed E-state index contributed by atoms with van der Waals surface area (Å²) in [5, 5.41) is 3.54. The van der Waals surface area contributed by atoms with E-state index < -0.39 is 0 Å². The highest BCUT2D eigenvalue weighted by atomic mass is 16.5. The summed E-state index contributed by atoms with van der Waals surface area (Å²) in [4.78, 5) is 0. The van der Waals surface area contributed by atoms with Crippen molar-refractivity contribution in [1.29, 1.82) is 0 Å². The predicted octanol–water partition coefficient (Wildman–Crippen LogP) is 2.67. The first-order chi connectivity index (χ1) is 7.22. The largest absolute Gasteiger partial charge is 0.493 e. The average molecular weight is 205 g/mol. The van der Waals surface area contributed by atoms with Gasteiger partial charge in [-0.1, -0.05) is 31.5 Å². The van der Waals surface area contributed by atoms with Gasteiger partial charge in [-0.15, -0.1) is 0 Å². The number of aryl methyl sites for hydroxylation is 1. The van der Waals surface area contributed by atoms with Crippen LogP contribution >= 0.6 is 0 Å². The molecule has 2 unspecified atom stereocenters. The van der Waals surface area contributed by atoms with Gasteiger partial charge in [-0.25, -0.2) is 0 Å². The fourth-order valence-electron chi connectivity index (χ4n) is 2.20. The Morgan fingerprint density at radius 2 is 2.27 bits per heavy atom. The van der Waals surface area contributed by atoms with Crippen LogP contribution in [0.15, 0.2) is 18.2 Å². The molecule has 0 aliphatic carbocycles. The third kappa shape index (κ3) is 2.00. The average Bonchev–Trinajstić information content (AvgIpc) is 2.23. The first-order valence-electron chi connectivity index (χ1n) is 5.69. The summed E-state index contributed by atoms with van der Waals surface area (Å²) in [6.45, 7) is 8.33. The van der Waals surface area contributed by atoms with Crippen molar-refractivity contribution < 1.29 is 4.74 Å². The lowest BCUT2D eigenvalue weighted by molar-refractivity contribution is 0.190. The van der Waals surface area contributed by atoms with Crippen LogP contribution in [0.2, 0.25) is 0 Å². The fourth-order valence-corrected chi connectivity index (χ4v) is 2.20. The van der Waals surface area contributed by atoms with Crippen molar-refractivity contribution in [3.63, 3.8) is 0 Å². The van der Waals surface area contributed by atoms with Crippen LogP contribution in [0.3, 0.4) is 0 Å². The smallest absolute Gasteiger partial charge is 0.124 e. The van der Waals surface area contributed by atoms with E-state index in [2.05, 4.69) is 44.3 Å².